The Morgan fingerprint density at radius 2 is 2.08 bits per heavy atom. The average molecular weight is 346 g/mol. The van der Waals surface area contributed by atoms with E-state index >= 15 is 0 Å². The minimum atomic E-state index is -0.250. The lowest BCUT2D eigenvalue weighted by molar-refractivity contribution is 0.132. The normalized spacial score (nSPS) is 16.7. The molecule has 6 nitrogen and oxygen atoms in total. The standard InChI is InChI=1S/C18H23FN4O2/c1-13-3-4-15(11-17(13)19)14(2)20-18(24)23-8-6-22(7-9-23)12-16-5-10-25-21-16/h3-5,10-11,14H,6-9,12H2,1-2H3,(H,20,24)/t14-/m0/s1. The van der Waals surface area contributed by atoms with Crippen LogP contribution in [0.25, 0.3) is 0 Å². The molecule has 1 aliphatic heterocycles. The summed E-state index contributed by atoms with van der Waals surface area (Å²) in [6, 6.07) is 6.55. The molecule has 0 bridgehead atoms. The second-order valence-electron chi connectivity index (χ2n) is 6.43. The number of urea groups is 1. The molecule has 25 heavy (non-hydrogen) atoms. The summed E-state index contributed by atoms with van der Waals surface area (Å²) in [5.41, 5.74) is 2.26. The molecule has 3 rings (SSSR count). The first kappa shape index (κ1) is 17.4. The molecule has 2 aromatic rings. The second kappa shape index (κ2) is 7.65. The van der Waals surface area contributed by atoms with Gasteiger partial charge in [0.15, 0.2) is 0 Å². The maximum atomic E-state index is 13.7. The van der Waals surface area contributed by atoms with Gasteiger partial charge in [-0.05, 0) is 31.0 Å². The molecule has 2 amide bonds. The van der Waals surface area contributed by atoms with Crippen LogP contribution in [0.3, 0.4) is 0 Å². The lowest BCUT2D eigenvalue weighted by atomic mass is 10.1. The maximum absolute atomic E-state index is 13.7. The molecule has 1 N–H and O–H groups in total. The van der Waals surface area contributed by atoms with Crippen LogP contribution in [-0.2, 0) is 6.54 Å². The SMILES string of the molecule is Cc1ccc([C@H](C)NC(=O)N2CCN(Cc3ccon3)CC2)cc1F. The van der Waals surface area contributed by atoms with Gasteiger partial charge >= 0.3 is 6.03 Å². The van der Waals surface area contributed by atoms with Crippen molar-refractivity contribution in [2.45, 2.75) is 26.4 Å². The molecule has 0 saturated carbocycles. The van der Waals surface area contributed by atoms with Crippen molar-refractivity contribution in [2.24, 2.45) is 0 Å². The van der Waals surface area contributed by atoms with Gasteiger partial charge in [0.2, 0.25) is 0 Å². The molecule has 1 aromatic carbocycles. The number of rotatable bonds is 4. The number of hydrogen-bond donors (Lipinski definition) is 1. The van der Waals surface area contributed by atoms with E-state index in [4.69, 9.17) is 4.52 Å². The molecule has 1 aromatic heterocycles. The fraction of sp³-hybridized carbons (Fsp3) is 0.444. The lowest BCUT2D eigenvalue weighted by Gasteiger charge is -2.34. The minimum absolute atomic E-state index is 0.116. The fourth-order valence-electron chi connectivity index (χ4n) is 2.90. The van der Waals surface area contributed by atoms with Crippen LogP contribution in [0, 0.1) is 12.7 Å². The number of aromatic nitrogens is 1. The Hall–Kier alpha value is -2.41. The Bertz CT molecular complexity index is 712. The van der Waals surface area contributed by atoms with Gasteiger partial charge in [0.1, 0.15) is 12.1 Å². The van der Waals surface area contributed by atoms with E-state index in [1.54, 1.807) is 24.2 Å². The molecule has 0 unspecified atom stereocenters. The van der Waals surface area contributed by atoms with Gasteiger partial charge in [0.05, 0.1) is 11.7 Å². The number of carbonyl (C=O) groups excluding carboxylic acids is 1. The first-order valence-corrected chi connectivity index (χ1v) is 8.46. The van der Waals surface area contributed by atoms with E-state index in [0.29, 0.717) is 18.7 Å². The summed E-state index contributed by atoms with van der Waals surface area (Å²) in [5.74, 6) is -0.250. The van der Waals surface area contributed by atoms with E-state index in [1.165, 1.54) is 6.07 Å². The summed E-state index contributed by atoms with van der Waals surface area (Å²) >= 11 is 0. The fourth-order valence-corrected chi connectivity index (χ4v) is 2.90. The first-order valence-electron chi connectivity index (χ1n) is 8.46. The number of hydrogen-bond acceptors (Lipinski definition) is 4. The van der Waals surface area contributed by atoms with Crippen LogP contribution >= 0.6 is 0 Å². The van der Waals surface area contributed by atoms with Gasteiger partial charge in [-0.25, -0.2) is 9.18 Å². The highest BCUT2D eigenvalue weighted by molar-refractivity contribution is 5.74. The van der Waals surface area contributed by atoms with Crippen molar-refractivity contribution in [2.75, 3.05) is 26.2 Å². The van der Waals surface area contributed by atoms with Crippen molar-refractivity contribution < 1.29 is 13.7 Å². The van der Waals surface area contributed by atoms with Gasteiger partial charge in [-0.2, -0.15) is 0 Å². The highest BCUT2D eigenvalue weighted by Crippen LogP contribution is 2.17. The van der Waals surface area contributed by atoms with E-state index in [1.807, 2.05) is 19.1 Å². The summed E-state index contributed by atoms with van der Waals surface area (Å²) < 4.78 is 18.5. The van der Waals surface area contributed by atoms with Crippen LogP contribution in [0.1, 0.15) is 29.8 Å². The molecule has 2 heterocycles. The molecular weight excluding hydrogens is 323 g/mol. The van der Waals surface area contributed by atoms with Crippen molar-refractivity contribution in [3.63, 3.8) is 0 Å². The molecule has 1 saturated heterocycles. The smallest absolute Gasteiger partial charge is 0.317 e. The Morgan fingerprint density at radius 1 is 1.32 bits per heavy atom. The Kier molecular flexibility index (Phi) is 5.33. The second-order valence-corrected chi connectivity index (χ2v) is 6.43. The summed E-state index contributed by atoms with van der Waals surface area (Å²) in [7, 11) is 0. The van der Waals surface area contributed by atoms with Crippen molar-refractivity contribution in [3.05, 3.63) is 53.2 Å². The third-order valence-corrected chi connectivity index (χ3v) is 4.57. The molecule has 0 aliphatic carbocycles. The van der Waals surface area contributed by atoms with Crippen LogP contribution in [-0.4, -0.2) is 47.2 Å². The number of piperazine rings is 1. The van der Waals surface area contributed by atoms with E-state index in [2.05, 4.69) is 15.4 Å². The summed E-state index contributed by atoms with van der Waals surface area (Å²) in [6.45, 7) is 7.19. The predicted octanol–water partition coefficient (Wildman–Crippen LogP) is 2.71. The van der Waals surface area contributed by atoms with E-state index in [9.17, 15) is 9.18 Å². The van der Waals surface area contributed by atoms with Gasteiger partial charge in [-0.3, -0.25) is 4.90 Å². The molecule has 7 heteroatoms. The predicted molar refractivity (Wildman–Crippen MR) is 91.4 cm³/mol. The van der Waals surface area contributed by atoms with E-state index in [0.717, 1.165) is 30.9 Å². The summed E-state index contributed by atoms with van der Waals surface area (Å²) in [4.78, 5) is 16.5. The van der Waals surface area contributed by atoms with Crippen LogP contribution in [0.4, 0.5) is 9.18 Å². The number of halogens is 1. The number of amides is 2. The number of aryl methyl sites for hydroxylation is 1. The van der Waals surface area contributed by atoms with Crippen LogP contribution < -0.4 is 5.32 Å². The third-order valence-electron chi connectivity index (χ3n) is 4.57. The Labute approximate surface area is 146 Å². The van der Waals surface area contributed by atoms with Crippen molar-refractivity contribution in [1.82, 2.24) is 20.3 Å². The highest BCUT2D eigenvalue weighted by atomic mass is 19.1. The van der Waals surface area contributed by atoms with Gasteiger partial charge < -0.3 is 14.7 Å². The zero-order valence-corrected chi connectivity index (χ0v) is 14.5. The zero-order chi connectivity index (χ0) is 17.8. The molecule has 134 valence electrons. The molecule has 0 spiro atoms. The van der Waals surface area contributed by atoms with Crippen LogP contribution in [0.5, 0.6) is 0 Å². The topological polar surface area (TPSA) is 61.6 Å². The van der Waals surface area contributed by atoms with Crippen LogP contribution in [0.15, 0.2) is 35.1 Å². The number of carbonyl (C=O) groups is 1. The Morgan fingerprint density at radius 3 is 2.72 bits per heavy atom. The molecule has 1 fully saturated rings. The summed E-state index contributed by atoms with van der Waals surface area (Å²) in [6.07, 6.45) is 1.56. The first-order chi connectivity index (χ1) is 12.0. The lowest BCUT2D eigenvalue weighted by Crippen LogP contribution is -2.51. The van der Waals surface area contributed by atoms with Crippen molar-refractivity contribution >= 4 is 6.03 Å². The zero-order valence-electron chi connectivity index (χ0n) is 14.5. The third kappa shape index (κ3) is 4.36. The molecule has 1 aliphatic rings. The van der Waals surface area contributed by atoms with E-state index in [-0.39, 0.29) is 17.9 Å². The molecular formula is C18H23FN4O2. The number of benzene rings is 1. The maximum Gasteiger partial charge on any atom is 0.317 e. The minimum Gasteiger partial charge on any atom is -0.364 e. The summed E-state index contributed by atoms with van der Waals surface area (Å²) in [5, 5.41) is 6.86. The Balaban J connectivity index is 1.49. The van der Waals surface area contributed by atoms with Gasteiger partial charge in [-0.15, -0.1) is 0 Å². The van der Waals surface area contributed by atoms with Gasteiger partial charge in [0, 0.05) is 38.8 Å². The van der Waals surface area contributed by atoms with Crippen molar-refractivity contribution in [3.8, 4) is 0 Å². The van der Waals surface area contributed by atoms with Crippen LogP contribution in [0.2, 0.25) is 0 Å². The number of nitrogens with zero attached hydrogens (tertiary/aromatic N) is 3. The monoisotopic (exact) mass is 346 g/mol. The number of nitrogens with one attached hydrogen (secondary N) is 1. The van der Waals surface area contributed by atoms with Crippen molar-refractivity contribution in [1.29, 1.82) is 0 Å². The average Bonchev–Trinajstić information content (AvgIpc) is 3.11. The highest BCUT2D eigenvalue weighted by Gasteiger charge is 2.23. The van der Waals surface area contributed by atoms with Gasteiger partial charge in [-0.1, -0.05) is 17.3 Å². The van der Waals surface area contributed by atoms with Gasteiger partial charge in [0.25, 0.3) is 0 Å². The quantitative estimate of drug-likeness (QED) is 0.925. The van der Waals surface area contributed by atoms with E-state index < -0.39 is 0 Å². The molecule has 1 atom stereocenters. The largest absolute Gasteiger partial charge is 0.364 e. The molecule has 0 radical (unpaired) electrons.